The van der Waals surface area contributed by atoms with Crippen LogP contribution in [0.25, 0.3) is 10.2 Å². The third-order valence-corrected chi connectivity index (χ3v) is 7.60. The van der Waals surface area contributed by atoms with Gasteiger partial charge in [-0.3, -0.25) is 4.79 Å². The lowest BCUT2D eigenvalue weighted by atomic mass is 9.84. The Morgan fingerprint density at radius 3 is 3.00 bits per heavy atom. The third kappa shape index (κ3) is 3.26. The Morgan fingerprint density at radius 1 is 1.39 bits per heavy atom. The number of hydrogen-bond donors (Lipinski definition) is 1. The zero-order chi connectivity index (χ0) is 15.8. The molecule has 3 nitrogen and oxygen atoms in total. The van der Waals surface area contributed by atoms with Gasteiger partial charge in [0.1, 0.15) is 0 Å². The van der Waals surface area contributed by atoms with Gasteiger partial charge in [-0.15, -0.1) is 11.3 Å². The van der Waals surface area contributed by atoms with E-state index in [0.717, 1.165) is 21.7 Å². The summed E-state index contributed by atoms with van der Waals surface area (Å²) in [6, 6.07) is 8.44. The molecule has 23 heavy (non-hydrogen) atoms. The third-order valence-electron chi connectivity index (χ3n) is 5.42. The highest BCUT2D eigenvalue weighted by atomic mass is 32.2. The van der Waals surface area contributed by atoms with Crippen LogP contribution in [0.4, 0.5) is 0 Å². The van der Waals surface area contributed by atoms with Crippen LogP contribution in [0, 0.1) is 17.8 Å². The van der Waals surface area contributed by atoms with Crippen molar-refractivity contribution in [3.05, 3.63) is 24.3 Å². The number of nitrogens with one attached hydrogen (secondary N) is 1. The Labute approximate surface area is 145 Å². The number of hydrogen-bond acceptors (Lipinski definition) is 4. The van der Waals surface area contributed by atoms with Gasteiger partial charge in [0.05, 0.1) is 16.0 Å². The maximum atomic E-state index is 12.2. The molecule has 4 rings (SSSR count). The van der Waals surface area contributed by atoms with Crippen molar-refractivity contribution in [2.24, 2.45) is 17.8 Å². The average Bonchev–Trinajstić information content (AvgIpc) is 3.26. The van der Waals surface area contributed by atoms with Gasteiger partial charge >= 0.3 is 0 Å². The molecule has 2 aliphatic carbocycles. The Bertz CT molecular complexity index is 681. The fourth-order valence-electron chi connectivity index (χ4n) is 4.35. The number of nitrogens with zero attached hydrogens (tertiary/aromatic N) is 1. The molecule has 2 saturated carbocycles. The predicted octanol–water partition coefficient (Wildman–Crippen LogP) is 4.33. The molecule has 1 aromatic carbocycles. The van der Waals surface area contributed by atoms with Crippen LogP contribution in [0.3, 0.4) is 0 Å². The van der Waals surface area contributed by atoms with Crippen LogP contribution in [-0.2, 0) is 4.79 Å². The molecule has 4 atom stereocenters. The molecule has 1 heterocycles. The van der Waals surface area contributed by atoms with Crippen LogP contribution in [0.15, 0.2) is 28.6 Å². The molecule has 1 amide bonds. The number of fused-ring (bicyclic) bond motifs is 3. The number of thiazole rings is 1. The van der Waals surface area contributed by atoms with Crippen molar-refractivity contribution < 1.29 is 4.79 Å². The molecule has 2 bridgehead atoms. The number of carbonyl (C=O) groups is 1. The minimum absolute atomic E-state index is 0.143. The maximum Gasteiger partial charge on any atom is 0.230 e. The summed E-state index contributed by atoms with van der Waals surface area (Å²) >= 11 is 3.21. The molecule has 122 valence electrons. The molecule has 2 aromatic rings. The summed E-state index contributed by atoms with van der Waals surface area (Å²) in [5.74, 6) is 3.09. The summed E-state index contributed by atoms with van der Waals surface area (Å²) < 4.78 is 2.17. The van der Waals surface area contributed by atoms with Crippen molar-refractivity contribution >= 4 is 39.2 Å². The van der Waals surface area contributed by atoms with E-state index in [4.69, 9.17) is 0 Å². The molecule has 0 saturated heterocycles. The van der Waals surface area contributed by atoms with Crippen LogP contribution < -0.4 is 5.32 Å². The molecule has 5 heteroatoms. The predicted molar refractivity (Wildman–Crippen MR) is 96.9 cm³/mol. The molecule has 0 spiro atoms. The van der Waals surface area contributed by atoms with Crippen LogP contribution >= 0.6 is 23.1 Å². The first kappa shape index (κ1) is 15.5. The number of carbonyl (C=O) groups excluding carboxylic acids is 1. The number of amides is 1. The first-order chi connectivity index (χ1) is 11.2. The quantitative estimate of drug-likeness (QED) is 0.819. The van der Waals surface area contributed by atoms with Crippen molar-refractivity contribution in [2.45, 2.75) is 43.0 Å². The van der Waals surface area contributed by atoms with E-state index in [-0.39, 0.29) is 5.91 Å². The van der Waals surface area contributed by atoms with Gasteiger partial charge in [0.15, 0.2) is 4.34 Å². The zero-order valence-electron chi connectivity index (χ0n) is 13.3. The molecule has 2 fully saturated rings. The maximum absolute atomic E-state index is 12.2. The van der Waals surface area contributed by atoms with E-state index in [0.29, 0.717) is 17.7 Å². The highest BCUT2D eigenvalue weighted by molar-refractivity contribution is 8.01. The number of thioether (sulfide) groups is 1. The second kappa shape index (κ2) is 6.44. The molecular weight excluding hydrogens is 324 g/mol. The highest BCUT2D eigenvalue weighted by Gasteiger charge is 2.42. The van der Waals surface area contributed by atoms with Gasteiger partial charge in [-0.2, -0.15) is 0 Å². The summed E-state index contributed by atoms with van der Waals surface area (Å²) in [4.78, 5) is 16.8. The van der Waals surface area contributed by atoms with Crippen molar-refractivity contribution in [1.29, 1.82) is 0 Å². The Morgan fingerprint density at radius 2 is 2.26 bits per heavy atom. The van der Waals surface area contributed by atoms with Crippen molar-refractivity contribution in [3.8, 4) is 0 Å². The van der Waals surface area contributed by atoms with E-state index in [1.54, 1.807) is 23.1 Å². The van der Waals surface area contributed by atoms with E-state index in [9.17, 15) is 4.79 Å². The van der Waals surface area contributed by atoms with E-state index in [2.05, 4.69) is 23.3 Å². The smallest absolute Gasteiger partial charge is 0.230 e. The lowest BCUT2D eigenvalue weighted by molar-refractivity contribution is -0.119. The van der Waals surface area contributed by atoms with Crippen molar-refractivity contribution in [2.75, 3.05) is 5.75 Å². The number of benzene rings is 1. The summed E-state index contributed by atoms with van der Waals surface area (Å²) in [5, 5.41) is 3.23. The van der Waals surface area contributed by atoms with Gasteiger partial charge in [0.2, 0.25) is 5.91 Å². The first-order valence-corrected chi connectivity index (χ1v) is 10.3. The van der Waals surface area contributed by atoms with Crippen LogP contribution in [0.2, 0.25) is 0 Å². The summed E-state index contributed by atoms with van der Waals surface area (Å²) in [6.45, 7) is 2.19. The second-order valence-corrected chi connectivity index (χ2v) is 9.18. The van der Waals surface area contributed by atoms with E-state index in [1.165, 1.54) is 30.4 Å². The minimum Gasteiger partial charge on any atom is -0.353 e. The van der Waals surface area contributed by atoms with Crippen molar-refractivity contribution in [3.63, 3.8) is 0 Å². The highest BCUT2D eigenvalue weighted by Crippen LogP contribution is 2.49. The molecule has 1 aromatic heterocycles. The van der Waals surface area contributed by atoms with Gasteiger partial charge in [-0.05, 0) is 56.1 Å². The minimum atomic E-state index is 0.143. The lowest BCUT2D eigenvalue weighted by Gasteiger charge is -2.28. The molecular formula is C18H22N2OS2. The molecule has 1 N–H and O–H groups in total. The molecule has 0 radical (unpaired) electrons. The topological polar surface area (TPSA) is 42.0 Å². The van der Waals surface area contributed by atoms with Gasteiger partial charge < -0.3 is 5.32 Å². The molecule has 0 aliphatic heterocycles. The second-order valence-electron chi connectivity index (χ2n) is 6.93. The number of aromatic nitrogens is 1. The van der Waals surface area contributed by atoms with Gasteiger partial charge in [0.25, 0.3) is 0 Å². The van der Waals surface area contributed by atoms with Gasteiger partial charge in [-0.1, -0.05) is 30.3 Å². The number of rotatable bonds is 5. The normalized spacial score (nSPS) is 27.4. The van der Waals surface area contributed by atoms with E-state index < -0.39 is 0 Å². The Kier molecular flexibility index (Phi) is 4.33. The number of para-hydroxylation sites is 1. The Balaban J connectivity index is 1.30. The van der Waals surface area contributed by atoms with Crippen LogP contribution in [0.5, 0.6) is 0 Å². The molecule has 0 unspecified atom stereocenters. The lowest BCUT2D eigenvalue weighted by Crippen LogP contribution is -2.40. The summed E-state index contributed by atoms with van der Waals surface area (Å²) in [7, 11) is 0. The summed E-state index contributed by atoms with van der Waals surface area (Å²) in [5.41, 5.74) is 1.02. The van der Waals surface area contributed by atoms with Crippen LogP contribution in [0.1, 0.15) is 32.6 Å². The van der Waals surface area contributed by atoms with E-state index in [1.807, 2.05) is 18.2 Å². The SMILES string of the molecule is C[C@H](NC(=O)CSc1nc2ccccc2s1)[C@H]1C[C@H]2CC[C@H]1C2. The summed E-state index contributed by atoms with van der Waals surface area (Å²) in [6.07, 6.45) is 5.49. The first-order valence-electron chi connectivity index (χ1n) is 8.47. The standard InChI is InChI=1S/C18H22N2OS2/c1-11(14-9-12-6-7-13(14)8-12)19-17(21)10-22-18-20-15-4-2-3-5-16(15)23-18/h2-5,11-14H,6-10H2,1H3,(H,19,21)/t11-,12-,13-,14+/m0/s1. The fraction of sp³-hybridized carbons (Fsp3) is 0.556. The van der Waals surface area contributed by atoms with E-state index >= 15 is 0 Å². The monoisotopic (exact) mass is 346 g/mol. The Hall–Kier alpha value is -1.07. The van der Waals surface area contributed by atoms with Gasteiger partial charge in [0, 0.05) is 6.04 Å². The fourth-order valence-corrected chi connectivity index (χ4v) is 6.23. The van der Waals surface area contributed by atoms with Crippen molar-refractivity contribution in [1.82, 2.24) is 10.3 Å². The molecule has 2 aliphatic rings. The average molecular weight is 347 g/mol. The largest absolute Gasteiger partial charge is 0.353 e. The van der Waals surface area contributed by atoms with Crippen LogP contribution in [-0.4, -0.2) is 22.7 Å². The van der Waals surface area contributed by atoms with Gasteiger partial charge in [-0.25, -0.2) is 4.98 Å². The zero-order valence-corrected chi connectivity index (χ0v) is 15.0.